The van der Waals surface area contributed by atoms with Gasteiger partial charge in [-0.1, -0.05) is 11.8 Å². The van der Waals surface area contributed by atoms with Gasteiger partial charge in [-0.2, -0.15) is 0 Å². The molecule has 10 heteroatoms. The summed E-state index contributed by atoms with van der Waals surface area (Å²) in [7, 11) is -0.667. The topological polar surface area (TPSA) is 108 Å². The number of thioether (sulfide) groups is 1. The van der Waals surface area contributed by atoms with Crippen LogP contribution in [0.4, 0.5) is 4.79 Å². The van der Waals surface area contributed by atoms with Crippen molar-refractivity contribution in [1.82, 2.24) is 19.9 Å². The van der Waals surface area contributed by atoms with Crippen molar-refractivity contribution < 1.29 is 18.0 Å². The Bertz CT molecular complexity index is 725. The number of imide groups is 1. The zero-order chi connectivity index (χ0) is 19.4. The summed E-state index contributed by atoms with van der Waals surface area (Å²) in [4.78, 5) is 27.9. The molecule has 0 saturated heterocycles. The van der Waals surface area contributed by atoms with E-state index in [-0.39, 0.29) is 4.90 Å². The van der Waals surface area contributed by atoms with Crippen molar-refractivity contribution in [2.45, 2.75) is 48.4 Å². The lowest BCUT2D eigenvalue weighted by atomic mass is 10.1. The number of rotatable bonds is 5. The van der Waals surface area contributed by atoms with E-state index in [1.165, 1.54) is 32.4 Å². The zero-order valence-electron chi connectivity index (χ0n) is 15.2. The molecule has 140 valence electrons. The Morgan fingerprint density at radius 2 is 1.84 bits per heavy atom. The molecule has 8 nitrogen and oxygen atoms in total. The Morgan fingerprint density at radius 1 is 1.24 bits per heavy atom. The van der Waals surface area contributed by atoms with Crippen molar-refractivity contribution in [2.24, 2.45) is 0 Å². The highest BCUT2D eigenvalue weighted by Crippen LogP contribution is 2.22. The van der Waals surface area contributed by atoms with Crippen LogP contribution in [0.5, 0.6) is 0 Å². The molecule has 0 aromatic carbocycles. The average molecular weight is 389 g/mol. The van der Waals surface area contributed by atoms with E-state index in [2.05, 4.69) is 15.6 Å². The van der Waals surface area contributed by atoms with Gasteiger partial charge in [-0.05, 0) is 39.8 Å². The first-order chi connectivity index (χ1) is 11.3. The van der Waals surface area contributed by atoms with Crippen molar-refractivity contribution in [3.8, 4) is 0 Å². The fourth-order valence-electron chi connectivity index (χ4n) is 1.62. The fraction of sp³-hybridized carbons (Fsp3) is 0.533. The molecule has 0 aliphatic rings. The maximum absolute atomic E-state index is 12.0. The standard InChI is InChI=1S/C15H24N4O4S2/c1-10(13(20)17-14(21)18-15(2,3)4)24-12-8-7-11(9-16-12)25(22,23)19(5)6/h7-10H,1-6H3,(H2,17,18,20,21)/t10-/m0/s1. The number of carbonyl (C=O) groups excluding carboxylic acids is 2. The first-order valence-corrected chi connectivity index (χ1v) is 9.83. The fourth-order valence-corrected chi connectivity index (χ4v) is 3.26. The molecule has 0 spiro atoms. The molecule has 1 aromatic heterocycles. The van der Waals surface area contributed by atoms with Gasteiger partial charge >= 0.3 is 6.03 Å². The maximum Gasteiger partial charge on any atom is 0.321 e. The monoisotopic (exact) mass is 388 g/mol. The molecule has 0 aliphatic carbocycles. The lowest BCUT2D eigenvalue weighted by Crippen LogP contribution is -2.49. The molecule has 0 saturated carbocycles. The van der Waals surface area contributed by atoms with Gasteiger partial charge in [0.25, 0.3) is 0 Å². The SMILES string of the molecule is C[C@H](Sc1ccc(S(=O)(=O)N(C)C)cn1)C(=O)NC(=O)NC(C)(C)C. The summed E-state index contributed by atoms with van der Waals surface area (Å²) in [5.41, 5.74) is -0.448. The Labute approximate surface area is 152 Å². The normalized spacial score (nSPS) is 13.4. The third-order valence-electron chi connectivity index (χ3n) is 2.88. The zero-order valence-corrected chi connectivity index (χ0v) is 16.8. The van der Waals surface area contributed by atoms with Gasteiger partial charge < -0.3 is 5.32 Å². The first-order valence-electron chi connectivity index (χ1n) is 7.51. The summed E-state index contributed by atoms with van der Waals surface area (Å²) in [5.74, 6) is -0.460. The molecule has 0 bridgehead atoms. The molecule has 1 heterocycles. The molecule has 1 rings (SSSR count). The number of nitrogens with one attached hydrogen (secondary N) is 2. The number of aromatic nitrogens is 1. The highest BCUT2D eigenvalue weighted by molar-refractivity contribution is 8.00. The second-order valence-electron chi connectivity index (χ2n) is 6.57. The van der Waals surface area contributed by atoms with Crippen molar-refractivity contribution >= 4 is 33.7 Å². The second-order valence-corrected chi connectivity index (χ2v) is 10.1. The number of carbonyl (C=O) groups is 2. The molecular formula is C15H24N4O4S2. The highest BCUT2D eigenvalue weighted by atomic mass is 32.2. The van der Waals surface area contributed by atoms with E-state index in [4.69, 9.17) is 0 Å². The quantitative estimate of drug-likeness (QED) is 0.739. The Kier molecular flexibility index (Phi) is 6.98. The van der Waals surface area contributed by atoms with Crippen LogP contribution in [0.1, 0.15) is 27.7 Å². The third kappa shape index (κ3) is 6.63. The molecule has 3 amide bonds. The Morgan fingerprint density at radius 3 is 2.28 bits per heavy atom. The maximum atomic E-state index is 12.0. The molecule has 25 heavy (non-hydrogen) atoms. The van der Waals surface area contributed by atoms with Crippen molar-refractivity contribution in [2.75, 3.05) is 14.1 Å². The van der Waals surface area contributed by atoms with Gasteiger partial charge in [-0.25, -0.2) is 22.5 Å². The molecule has 0 unspecified atom stereocenters. The number of pyridine rings is 1. The van der Waals surface area contributed by atoms with E-state index in [1.54, 1.807) is 6.92 Å². The van der Waals surface area contributed by atoms with E-state index in [0.29, 0.717) is 5.03 Å². The lowest BCUT2D eigenvalue weighted by Gasteiger charge is -2.21. The van der Waals surface area contributed by atoms with Crippen LogP contribution in [0.3, 0.4) is 0 Å². The van der Waals surface area contributed by atoms with Crippen LogP contribution in [0.25, 0.3) is 0 Å². The summed E-state index contributed by atoms with van der Waals surface area (Å²) < 4.78 is 25.1. The number of sulfonamides is 1. The van der Waals surface area contributed by atoms with E-state index < -0.39 is 32.8 Å². The average Bonchev–Trinajstić information content (AvgIpc) is 2.45. The van der Waals surface area contributed by atoms with Gasteiger partial charge in [0.05, 0.1) is 10.3 Å². The third-order valence-corrected chi connectivity index (χ3v) is 5.73. The van der Waals surface area contributed by atoms with Gasteiger partial charge in [0, 0.05) is 25.8 Å². The summed E-state index contributed by atoms with van der Waals surface area (Å²) in [6.45, 7) is 7.06. The number of nitrogens with zero attached hydrogens (tertiary/aromatic N) is 2. The molecule has 2 N–H and O–H groups in total. The van der Waals surface area contributed by atoms with Crippen LogP contribution < -0.4 is 10.6 Å². The number of hydrogen-bond acceptors (Lipinski definition) is 6. The van der Waals surface area contributed by atoms with Crippen molar-refractivity contribution in [1.29, 1.82) is 0 Å². The molecule has 0 aliphatic heterocycles. The van der Waals surface area contributed by atoms with E-state index in [9.17, 15) is 18.0 Å². The largest absolute Gasteiger partial charge is 0.333 e. The highest BCUT2D eigenvalue weighted by Gasteiger charge is 2.21. The summed E-state index contributed by atoms with van der Waals surface area (Å²) >= 11 is 1.13. The van der Waals surface area contributed by atoms with Crippen LogP contribution in [0.15, 0.2) is 28.3 Å². The second kappa shape index (κ2) is 8.15. The summed E-state index contributed by atoms with van der Waals surface area (Å²) in [5, 5.41) is 4.81. The van der Waals surface area contributed by atoms with Gasteiger partial charge in [-0.3, -0.25) is 10.1 Å². The van der Waals surface area contributed by atoms with Gasteiger partial charge in [0.1, 0.15) is 4.90 Å². The first kappa shape index (κ1) is 21.4. The molecular weight excluding hydrogens is 364 g/mol. The van der Waals surface area contributed by atoms with Crippen LogP contribution in [-0.4, -0.2) is 54.5 Å². The minimum atomic E-state index is -3.54. The van der Waals surface area contributed by atoms with Crippen LogP contribution in [-0.2, 0) is 14.8 Å². The van der Waals surface area contributed by atoms with Crippen LogP contribution in [0.2, 0.25) is 0 Å². The Hall–Kier alpha value is -1.65. The molecule has 1 atom stereocenters. The van der Waals surface area contributed by atoms with Crippen LogP contribution in [0, 0.1) is 0 Å². The number of urea groups is 1. The van der Waals surface area contributed by atoms with Crippen molar-refractivity contribution in [3.63, 3.8) is 0 Å². The van der Waals surface area contributed by atoms with Gasteiger partial charge in [0.2, 0.25) is 15.9 Å². The van der Waals surface area contributed by atoms with Gasteiger partial charge in [-0.15, -0.1) is 0 Å². The van der Waals surface area contributed by atoms with Crippen LogP contribution >= 0.6 is 11.8 Å². The predicted octanol–water partition coefficient (Wildman–Crippen LogP) is 1.44. The van der Waals surface area contributed by atoms with E-state index in [1.807, 2.05) is 20.8 Å². The Balaban J connectivity index is 2.70. The molecule has 0 fully saturated rings. The van der Waals surface area contributed by atoms with Gasteiger partial charge in [0.15, 0.2) is 0 Å². The van der Waals surface area contributed by atoms with E-state index in [0.717, 1.165) is 16.1 Å². The summed E-state index contributed by atoms with van der Waals surface area (Å²) in [6, 6.07) is 2.40. The smallest absolute Gasteiger partial charge is 0.321 e. The minimum Gasteiger partial charge on any atom is -0.333 e. The lowest BCUT2D eigenvalue weighted by molar-refractivity contribution is -0.119. The predicted molar refractivity (Wildman–Crippen MR) is 96.9 cm³/mol. The summed E-state index contributed by atoms with van der Waals surface area (Å²) in [6.07, 6.45) is 1.24. The molecule has 0 radical (unpaired) electrons. The number of amides is 3. The number of hydrogen-bond donors (Lipinski definition) is 2. The van der Waals surface area contributed by atoms with E-state index >= 15 is 0 Å². The molecule has 1 aromatic rings. The van der Waals surface area contributed by atoms with Crippen molar-refractivity contribution in [3.05, 3.63) is 18.3 Å². The minimum absolute atomic E-state index is 0.0727.